The number of Topliss-reactive ketones (excluding diaryl/α,β-unsaturated/α-hetero) is 4. The average Bonchev–Trinajstić information content (AvgIpc) is 4.19. The number of aromatic nitrogens is 2. The Morgan fingerprint density at radius 2 is 1.09 bits per heavy atom. The van der Waals surface area contributed by atoms with E-state index in [0.29, 0.717) is 92.4 Å². The molecule has 0 bridgehead atoms. The van der Waals surface area contributed by atoms with Gasteiger partial charge in [0.2, 0.25) is 0 Å². The Morgan fingerprint density at radius 1 is 0.603 bits per heavy atom. The molecule has 406 valence electrons. The van der Waals surface area contributed by atoms with Gasteiger partial charge in [-0.1, -0.05) is 38.1 Å². The van der Waals surface area contributed by atoms with Crippen LogP contribution in [0.3, 0.4) is 0 Å². The summed E-state index contributed by atoms with van der Waals surface area (Å²) in [6.07, 6.45) is 4.33. The summed E-state index contributed by atoms with van der Waals surface area (Å²) in [5, 5.41) is 14.2. The third kappa shape index (κ3) is 14.1. The number of carbonyl (C=O) groups excluding carboxylic acids is 4. The number of halogens is 2. The van der Waals surface area contributed by atoms with Crippen LogP contribution in [0.15, 0.2) is 108 Å². The first-order valence-electron chi connectivity index (χ1n) is 25.8. The second-order valence-electron chi connectivity index (χ2n) is 18.2. The quantitative estimate of drug-likeness (QED) is 0.0448. The number of rotatable bonds is 24. The maximum absolute atomic E-state index is 14.3. The van der Waals surface area contributed by atoms with Gasteiger partial charge in [-0.3, -0.25) is 19.2 Å². The van der Waals surface area contributed by atoms with Gasteiger partial charge in [0.25, 0.3) is 0 Å². The van der Waals surface area contributed by atoms with E-state index in [9.17, 15) is 28.0 Å². The van der Waals surface area contributed by atoms with Gasteiger partial charge >= 0.3 is 0 Å². The average molecular weight is 1100 g/mol. The Labute approximate surface area is 459 Å². The zero-order chi connectivity index (χ0) is 55.1. The first-order valence-corrected chi connectivity index (χ1v) is 27.6. The Balaban J connectivity index is 0.000000208. The van der Waals surface area contributed by atoms with E-state index in [1.807, 2.05) is 48.9 Å². The van der Waals surface area contributed by atoms with Crippen LogP contribution in [0.4, 0.5) is 8.78 Å². The van der Waals surface area contributed by atoms with Crippen LogP contribution in [0.25, 0.3) is 42.7 Å². The molecule has 4 aromatic heterocycles. The fraction of sp³-hybridized carbons (Fsp3) is 0.311. The number of thiophene rings is 2. The van der Waals surface area contributed by atoms with Crippen LogP contribution in [0, 0.1) is 11.6 Å². The van der Waals surface area contributed by atoms with Crippen LogP contribution >= 0.6 is 22.7 Å². The Morgan fingerprint density at radius 3 is 1.54 bits per heavy atom. The van der Waals surface area contributed by atoms with Gasteiger partial charge in [-0.2, -0.15) is 0 Å². The van der Waals surface area contributed by atoms with Crippen molar-refractivity contribution in [3.63, 3.8) is 0 Å². The van der Waals surface area contributed by atoms with Gasteiger partial charge in [0.15, 0.2) is 52.4 Å². The van der Waals surface area contributed by atoms with Gasteiger partial charge in [0, 0.05) is 76.1 Å². The third-order valence-corrected chi connectivity index (χ3v) is 15.1. The van der Waals surface area contributed by atoms with Crippen LogP contribution in [-0.2, 0) is 22.3 Å². The van der Waals surface area contributed by atoms with Gasteiger partial charge in [0.05, 0.1) is 48.2 Å². The number of aryl methyl sites for hydroxylation is 2. The number of hydrogen-bond acceptors (Lipinski definition) is 15. The standard InChI is InChI=1S/C33H34FNO6S.C28H26FNO5S/c1-3-21-17-26(24-20-42-33-23(24)7-6-8-25(33)34)35-27(18-21)29(37)12-11-28(36)22-10-13-30(31(19-22)38-2)39-15-16-41-32-9-4-5-14-40-32;1-3-17-13-22(20-16-36-28-19(20)5-4-6-21(28)29)30-23(14-17)25(33)9-8-24(32)18-7-10-26(35-12-11-31)27(15-18)34-2/h6-8,10,13,17-20,32H,3-5,9,11-12,14-16H2,1-2H3;4-7,10,13-16,31H,3,8-9,11-12H2,1-2H3. The van der Waals surface area contributed by atoms with E-state index in [-0.39, 0.29) is 80.0 Å². The van der Waals surface area contributed by atoms with Crippen molar-refractivity contribution >= 4 is 66.0 Å². The van der Waals surface area contributed by atoms with Crippen LogP contribution in [0.5, 0.6) is 23.0 Å². The lowest BCUT2D eigenvalue weighted by Crippen LogP contribution is -2.24. The zero-order valence-corrected chi connectivity index (χ0v) is 45.5. The highest BCUT2D eigenvalue weighted by atomic mass is 32.1. The smallest absolute Gasteiger partial charge is 0.181 e. The summed E-state index contributed by atoms with van der Waals surface area (Å²) in [6, 6.07) is 27.0. The second-order valence-corrected chi connectivity index (χ2v) is 20.0. The molecule has 0 radical (unpaired) electrons. The van der Waals surface area contributed by atoms with Gasteiger partial charge < -0.3 is 33.5 Å². The molecule has 9 rings (SSSR count). The van der Waals surface area contributed by atoms with Gasteiger partial charge in [-0.05, 0) is 116 Å². The summed E-state index contributed by atoms with van der Waals surface area (Å²) in [7, 11) is 2.98. The number of methoxy groups -OCH3 is 2. The molecule has 13 nitrogen and oxygen atoms in total. The number of pyridine rings is 2. The lowest BCUT2D eigenvalue weighted by molar-refractivity contribution is -0.165. The third-order valence-electron chi connectivity index (χ3n) is 13.1. The van der Waals surface area contributed by atoms with Crippen LogP contribution in [0.2, 0.25) is 0 Å². The fourth-order valence-electron chi connectivity index (χ4n) is 8.83. The molecule has 0 saturated carbocycles. The van der Waals surface area contributed by atoms with Crippen LogP contribution in [-0.4, -0.2) is 91.8 Å². The molecular weight excluding hydrogens is 1040 g/mol. The van der Waals surface area contributed by atoms with E-state index in [1.165, 1.54) is 49.0 Å². The fourth-order valence-corrected chi connectivity index (χ4v) is 10.8. The zero-order valence-electron chi connectivity index (χ0n) is 43.9. The lowest BCUT2D eigenvalue weighted by Gasteiger charge is -2.22. The first-order chi connectivity index (χ1) is 37.9. The van der Waals surface area contributed by atoms with E-state index in [2.05, 4.69) is 9.97 Å². The Kier molecular flexibility index (Phi) is 20.0. The molecule has 0 aliphatic carbocycles. The predicted molar refractivity (Wildman–Crippen MR) is 298 cm³/mol. The number of aliphatic hydroxyl groups excluding tert-OH is 1. The van der Waals surface area contributed by atoms with Gasteiger partial charge in [-0.15, -0.1) is 22.7 Å². The SMILES string of the molecule is CCc1cc(C(=O)CCC(=O)c2ccc(OCCO)c(OC)c2)nc(-c2csc3c(F)cccc23)c1.CCc1cc(C(=O)CCC(=O)c2ccc(OCCOC3CCCCO3)c(OC)c2)nc(-c2csc3c(F)cccc23)c1. The molecule has 1 aliphatic heterocycles. The predicted octanol–water partition coefficient (Wildman–Crippen LogP) is 13.3. The molecule has 1 N–H and O–H groups in total. The number of carbonyl (C=O) groups is 4. The van der Waals surface area contributed by atoms with E-state index in [1.54, 1.807) is 60.7 Å². The summed E-state index contributed by atoms with van der Waals surface area (Å²) in [5.74, 6) is 0.332. The van der Waals surface area contributed by atoms with E-state index >= 15 is 0 Å². The van der Waals surface area contributed by atoms with Crippen molar-refractivity contribution in [2.24, 2.45) is 0 Å². The Hall–Kier alpha value is -7.28. The van der Waals surface area contributed by atoms with Crippen molar-refractivity contribution in [3.8, 4) is 45.5 Å². The number of ketones is 4. The number of aliphatic hydroxyl groups is 1. The van der Waals surface area contributed by atoms with Crippen LogP contribution < -0.4 is 18.9 Å². The molecule has 1 saturated heterocycles. The number of ether oxygens (including phenoxy) is 6. The number of hydrogen-bond donors (Lipinski definition) is 1. The first kappa shape index (κ1) is 56.9. The van der Waals surface area contributed by atoms with Crippen molar-refractivity contribution in [2.45, 2.75) is 77.9 Å². The van der Waals surface area contributed by atoms with E-state index in [0.717, 1.165) is 58.9 Å². The normalized spacial score (nSPS) is 13.2. The minimum Gasteiger partial charge on any atom is -0.493 e. The summed E-state index contributed by atoms with van der Waals surface area (Å²) in [5.41, 5.74) is 6.12. The highest BCUT2D eigenvalue weighted by Gasteiger charge is 2.21. The molecule has 0 amide bonds. The highest BCUT2D eigenvalue weighted by molar-refractivity contribution is 7.18. The molecule has 4 aromatic carbocycles. The van der Waals surface area contributed by atoms with Crippen molar-refractivity contribution < 1.29 is 61.5 Å². The number of fused-ring (bicyclic) bond motifs is 2. The maximum atomic E-state index is 14.3. The monoisotopic (exact) mass is 1100 g/mol. The number of nitrogens with zero attached hydrogens (tertiary/aromatic N) is 2. The lowest BCUT2D eigenvalue weighted by atomic mass is 10.0. The minimum absolute atomic E-state index is 0.00251. The molecule has 1 atom stereocenters. The second kappa shape index (κ2) is 27.3. The largest absolute Gasteiger partial charge is 0.493 e. The maximum Gasteiger partial charge on any atom is 0.181 e. The molecule has 17 heteroatoms. The van der Waals surface area contributed by atoms with Crippen LogP contribution in [0.1, 0.15) is 112 Å². The van der Waals surface area contributed by atoms with Crippen molar-refractivity contribution in [1.29, 1.82) is 0 Å². The molecule has 5 heterocycles. The summed E-state index contributed by atoms with van der Waals surface area (Å²) in [4.78, 5) is 61.2. The molecule has 0 spiro atoms. The minimum atomic E-state index is -0.283. The summed E-state index contributed by atoms with van der Waals surface area (Å²) < 4.78 is 62.8. The Bertz CT molecular complexity index is 3420. The van der Waals surface area contributed by atoms with E-state index in [4.69, 9.17) is 33.5 Å². The molecule has 8 aromatic rings. The number of benzene rings is 4. The van der Waals surface area contributed by atoms with Gasteiger partial charge in [0.1, 0.15) is 36.2 Å². The van der Waals surface area contributed by atoms with Crippen molar-refractivity contribution in [3.05, 3.63) is 153 Å². The topological polar surface area (TPSA) is 170 Å². The van der Waals surface area contributed by atoms with Gasteiger partial charge in [-0.25, -0.2) is 18.7 Å². The molecule has 1 unspecified atom stereocenters. The highest BCUT2D eigenvalue weighted by Crippen LogP contribution is 2.37. The molecule has 1 aliphatic rings. The van der Waals surface area contributed by atoms with Crippen molar-refractivity contribution in [2.75, 3.05) is 47.3 Å². The molecular formula is C61H60F2N2O11S2. The van der Waals surface area contributed by atoms with E-state index < -0.39 is 0 Å². The summed E-state index contributed by atoms with van der Waals surface area (Å²) in [6.45, 7) is 5.38. The van der Waals surface area contributed by atoms with Crippen molar-refractivity contribution in [1.82, 2.24) is 9.97 Å². The molecule has 78 heavy (non-hydrogen) atoms. The molecule has 1 fully saturated rings. The summed E-state index contributed by atoms with van der Waals surface area (Å²) >= 11 is 2.62.